The molecule has 0 aliphatic carbocycles. The lowest BCUT2D eigenvalue weighted by Gasteiger charge is -2.37. The first kappa shape index (κ1) is 18.0. The van der Waals surface area contributed by atoms with Gasteiger partial charge in [-0.05, 0) is 49.9 Å². The Hall–Kier alpha value is -0.330. The maximum atomic E-state index is 11.2. The van der Waals surface area contributed by atoms with Gasteiger partial charge >= 0.3 is 0 Å². The zero-order chi connectivity index (χ0) is 16.3. The van der Waals surface area contributed by atoms with Gasteiger partial charge in [-0.3, -0.25) is 4.90 Å². The van der Waals surface area contributed by atoms with Gasteiger partial charge in [-0.1, -0.05) is 29.3 Å². The van der Waals surface area contributed by atoms with Crippen molar-refractivity contribution in [3.63, 3.8) is 0 Å². The summed E-state index contributed by atoms with van der Waals surface area (Å²) in [6.45, 7) is 4.54. The van der Waals surface area contributed by atoms with Crippen LogP contribution in [0.5, 0.6) is 0 Å². The van der Waals surface area contributed by atoms with Crippen LogP contribution in [-0.4, -0.2) is 39.2 Å². The van der Waals surface area contributed by atoms with Crippen molar-refractivity contribution < 1.29 is 8.42 Å². The SMILES string of the molecule is CC(c1ccc(Cl)c(Cl)c1)N1CCCC(CNS(C)(=O)=O)C1. The summed E-state index contributed by atoms with van der Waals surface area (Å²) in [6.07, 6.45) is 3.32. The third-order valence-electron chi connectivity index (χ3n) is 4.16. The first-order valence-corrected chi connectivity index (χ1v) is 10.0. The highest BCUT2D eigenvalue weighted by Crippen LogP contribution is 2.30. The molecule has 7 heteroatoms. The predicted octanol–water partition coefficient (Wildman–Crippen LogP) is 3.32. The molecule has 1 aliphatic heterocycles. The van der Waals surface area contributed by atoms with E-state index in [0.717, 1.165) is 31.5 Å². The normalized spacial score (nSPS) is 21.7. The van der Waals surface area contributed by atoms with Crippen LogP contribution in [0.15, 0.2) is 18.2 Å². The van der Waals surface area contributed by atoms with Gasteiger partial charge in [0.15, 0.2) is 0 Å². The standard InChI is InChI=1S/C15H22Cl2N2O2S/c1-11(13-5-6-14(16)15(17)8-13)19-7-3-4-12(10-19)9-18-22(2,20)21/h5-6,8,11-12,18H,3-4,7,9-10H2,1-2H3. The molecule has 2 rings (SSSR count). The van der Waals surface area contributed by atoms with Gasteiger partial charge in [0.1, 0.15) is 0 Å². The van der Waals surface area contributed by atoms with Crippen LogP contribution in [0.4, 0.5) is 0 Å². The molecular weight excluding hydrogens is 343 g/mol. The van der Waals surface area contributed by atoms with Crippen molar-refractivity contribution in [2.45, 2.75) is 25.8 Å². The average molecular weight is 365 g/mol. The minimum absolute atomic E-state index is 0.232. The Morgan fingerprint density at radius 2 is 2.09 bits per heavy atom. The number of nitrogens with one attached hydrogen (secondary N) is 1. The summed E-state index contributed by atoms with van der Waals surface area (Å²) in [5, 5.41) is 1.13. The topological polar surface area (TPSA) is 49.4 Å². The van der Waals surface area contributed by atoms with E-state index in [1.54, 1.807) is 0 Å². The van der Waals surface area contributed by atoms with E-state index >= 15 is 0 Å². The minimum atomic E-state index is -3.12. The fourth-order valence-corrected chi connectivity index (χ4v) is 3.71. The molecule has 124 valence electrons. The lowest BCUT2D eigenvalue weighted by Crippen LogP contribution is -2.41. The highest BCUT2D eigenvalue weighted by atomic mass is 35.5. The fraction of sp³-hybridized carbons (Fsp3) is 0.600. The van der Waals surface area contributed by atoms with Gasteiger partial charge in [0, 0.05) is 19.1 Å². The third-order valence-corrected chi connectivity index (χ3v) is 5.59. The van der Waals surface area contributed by atoms with Crippen molar-refractivity contribution in [1.82, 2.24) is 9.62 Å². The average Bonchev–Trinajstić information content (AvgIpc) is 2.47. The van der Waals surface area contributed by atoms with Crippen molar-refractivity contribution >= 4 is 33.2 Å². The van der Waals surface area contributed by atoms with Gasteiger partial charge in [0.05, 0.1) is 16.3 Å². The zero-order valence-corrected chi connectivity index (χ0v) is 15.2. The molecule has 0 amide bonds. The molecule has 1 fully saturated rings. The summed E-state index contributed by atoms with van der Waals surface area (Å²) >= 11 is 12.1. The molecule has 0 aromatic heterocycles. The predicted molar refractivity (Wildman–Crippen MR) is 92.0 cm³/mol. The second-order valence-electron chi connectivity index (χ2n) is 5.97. The Bertz CT molecular complexity index is 622. The van der Waals surface area contributed by atoms with E-state index in [4.69, 9.17) is 23.2 Å². The largest absolute Gasteiger partial charge is 0.296 e. The number of sulfonamides is 1. The van der Waals surface area contributed by atoms with Crippen LogP contribution in [0, 0.1) is 5.92 Å². The summed E-state index contributed by atoms with van der Waals surface area (Å²) in [7, 11) is -3.12. The highest BCUT2D eigenvalue weighted by molar-refractivity contribution is 7.88. The third kappa shape index (κ3) is 5.10. The molecule has 1 aliphatic rings. The number of hydrogen-bond acceptors (Lipinski definition) is 3. The second kappa shape index (κ2) is 7.49. The quantitative estimate of drug-likeness (QED) is 0.871. The first-order chi connectivity index (χ1) is 10.3. The summed E-state index contributed by atoms with van der Waals surface area (Å²) in [5.74, 6) is 0.341. The number of likely N-dealkylation sites (tertiary alicyclic amines) is 1. The molecule has 0 bridgehead atoms. The molecule has 0 spiro atoms. The van der Waals surface area contributed by atoms with Gasteiger partial charge in [0.25, 0.3) is 0 Å². The first-order valence-electron chi connectivity index (χ1n) is 7.40. The van der Waals surface area contributed by atoms with Crippen LogP contribution >= 0.6 is 23.2 Å². The molecule has 1 heterocycles. The van der Waals surface area contributed by atoms with E-state index in [-0.39, 0.29) is 6.04 Å². The fourth-order valence-electron chi connectivity index (χ4n) is 2.87. The molecule has 2 atom stereocenters. The van der Waals surface area contributed by atoms with Crippen molar-refractivity contribution in [1.29, 1.82) is 0 Å². The van der Waals surface area contributed by atoms with E-state index in [9.17, 15) is 8.42 Å². The number of benzene rings is 1. The van der Waals surface area contributed by atoms with E-state index in [1.807, 2.05) is 18.2 Å². The van der Waals surface area contributed by atoms with Gasteiger partial charge < -0.3 is 0 Å². The zero-order valence-electron chi connectivity index (χ0n) is 12.9. The summed E-state index contributed by atoms with van der Waals surface area (Å²) in [5.41, 5.74) is 1.13. The van der Waals surface area contributed by atoms with E-state index in [2.05, 4.69) is 16.5 Å². The van der Waals surface area contributed by atoms with Crippen LogP contribution in [0.3, 0.4) is 0 Å². The van der Waals surface area contributed by atoms with Crippen molar-refractivity contribution in [3.8, 4) is 0 Å². The monoisotopic (exact) mass is 364 g/mol. The maximum Gasteiger partial charge on any atom is 0.208 e. The molecule has 2 unspecified atom stereocenters. The molecule has 1 N–H and O–H groups in total. The van der Waals surface area contributed by atoms with Crippen molar-refractivity contribution in [2.75, 3.05) is 25.9 Å². The molecular formula is C15H22Cl2N2O2S. The summed E-state index contributed by atoms with van der Waals surface area (Å²) < 4.78 is 25.1. The van der Waals surface area contributed by atoms with Crippen LogP contribution in [0.25, 0.3) is 0 Å². The Labute approximate surface area is 142 Å². The van der Waals surface area contributed by atoms with E-state index in [1.165, 1.54) is 6.26 Å². The smallest absolute Gasteiger partial charge is 0.208 e. The van der Waals surface area contributed by atoms with Gasteiger partial charge in [-0.15, -0.1) is 0 Å². The Kier molecular flexibility index (Phi) is 6.14. The Balaban J connectivity index is 2.00. The Morgan fingerprint density at radius 3 is 2.73 bits per heavy atom. The summed E-state index contributed by atoms with van der Waals surface area (Å²) in [4.78, 5) is 2.37. The van der Waals surface area contributed by atoms with Gasteiger partial charge in [0.2, 0.25) is 10.0 Å². The molecule has 0 radical (unpaired) electrons. The number of piperidine rings is 1. The number of halogens is 2. The molecule has 1 aromatic carbocycles. The highest BCUT2D eigenvalue weighted by Gasteiger charge is 2.25. The lowest BCUT2D eigenvalue weighted by molar-refractivity contribution is 0.133. The molecule has 1 saturated heterocycles. The summed E-state index contributed by atoms with van der Waals surface area (Å²) in [6, 6.07) is 5.96. The number of nitrogens with zero attached hydrogens (tertiary/aromatic N) is 1. The van der Waals surface area contributed by atoms with Crippen molar-refractivity contribution in [3.05, 3.63) is 33.8 Å². The van der Waals surface area contributed by atoms with Crippen LogP contribution < -0.4 is 4.72 Å². The second-order valence-corrected chi connectivity index (χ2v) is 8.62. The van der Waals surface area contributed by atoms with Crippen LogP contribution in [0.1, 0.15) is 31.4 Å². The molecule has 0 saturated carbocycles. The molecule has 1 aromatic rings. The number of hydrogen-bond donors (Lipinski definition) is 1. The number of rotatable bonds is 5. The van der Waals surface area contributed by atoms with E-state index in [0.29, 0.717) is 22.5 Å². The van der Waals surface area contributed by atoms with Crippen LogP contribution in [-0.2, 0) is 10.0 Å². The minimum Gasteiger partial charge on any atom is -0.296 e. The van der Waals surface area contributed by atoms with Crippen molar-refractivity contribution in [2.24, 2.45) is 5.92 Å². The lowest BCUT2D eigenvalue weighted by atomic mass is 9.95. The Morgan fingerprint density at radius 1 is 1.36 bits per heavy atom. The van der Waals surface area contributed by atoms with Gasteiger partial charge in [-0.2, -0.15) is 0 Å². The molecule has 4 nitrogen and oxygen atoms in total. The maximum absolute atomic E-state index is 11.2. The van der Waals surface area contributed by atoms with Gasteiger partial charge in [-0.25, -0.2) is 13.1 Å². The van der Waals surface area contributed by atoms with E-state index < -0.39 is 10.0 Å². The molecule has 22 heavy (non-hydrogen) atoms. The van der Waals surface area contributed by atoms with Crippen LogP contribution in [0.2, 0.25) is 10.0 Å².